The molecule has 132 valence electrons. The highest BCUT2D eigenvalue weighted by molar-refractivity contribution is 7.99. The molecule has 1 unspecified atom stereocenters. The molecule has 5 heteroatoms. The Balaban J connectivity index is 1.67. The van der Waals surface area contributed by atoms with E-state index < -0.39 is 0 Å². The average molecular weight is 399 g/mol. The summed E-state index contributed by atoms with van der Waals surface area (Å²) in [6.45, 7) is 2.09. The highest BCUT2D eigenvalue weighted by atomic mass is 35.5. The van der Waals surface area contributed by atoms with Crippen LogP contribution in [-0.4, -0.2) is 5.11 Å². The number of nitrogens with one attached hydrogen (secondary N) is 2. The third-order valence-electron chi connectivity index (χ3n) is 3.82. The highest BCUT2D eigenvalue weighted by Gasteiger charge is 2.09. The van der Waals surface area contributed by atoms with E-state index in [0.29, 0.717) is 5.11 Å². The summed E-state index contributed by atoms with van der Waals surface area (Å²) in [5.74, 6) is 0. The molecule has 0 fully saturated rings. The Morgan fingerprint density at radius 1 is 0.923 bits per heavy atom. The Kier molecular flexibility index (Phi) is 6.56. The molecular formula is C21H19ClN2S2. The topological polar surface area (TPSA) is 24.1 Å². The SMILES string of the molecule is CC(NC(=S)Nc1ccccc1Sc1ccc(Cl)cc1)c1ccccc1. The van der Waals surface area contributed by atoms with Crippen LogP contribution in [0, 0.1) is 0 Å². The van der Waals surface area contributed by atoms with E-state index in [9.17, 15) is 0 Å². The van der Waals surface area contributed by atoms with Crippen molar-refractivity contribution in [1.82, 2.24) is 5.32 Å². The van der Waals surface area contributed by atoms with E-state index in [0.717, 1.165) is 20.5 Å². The van der Waals surface area contributed by atoms with Crippen molar-refractivity contribution in [3.8, 4) is 0 Å². The normalized spacial score (nSPS) is 11.6. The van der Waals surface area contributed by atoms with E-state index in [1.165, 1.54) is 5.56 Å². The van der Waals surface area contributed by atoms with Gasteiger partial charge in [-0.3, -0.25) is 0 Å². The second-order valence-electron chi connectivity index (χ2n) is 5.78. The Morgan fingerprint density at radius 3 is 2.31 bits per heavy atom. The van der Waals surface area contributed by atoms with Crippen molar-refractivity contribution in [2.45, 2.75) is 22.8 Å². The largest absolute Gasteiger partial charge is 0.356 e. The molecule has 3 aromatic carbocycles. The van der Waals surface area contributed by atoms with E-state index in [2.05, 4.69) is 35.8 Å². The van der Waals surface area contributed by atoms with Crippen LogP contribution < -0.4 is 10.6 Å². The number of hydrogen-bond donors (Lipinski definition) is 2. The monoisotopic (exact) mass is 398 g/mol. The highest BCUT2D eigenvalue weighted by Crippen LogP contribution is 2.33. The number of halogens is 1. The molecule has 0 radical (unpaired) electrons. The van der Waals surface area contributed by atoms with Gasteiger partial charge >= 0.3 is 0 Å². The van der Waals surface area contributed by atoms with Crippen LogP contribution in [-0.2, 0) is 0 Å². The second kappa shape index (κ2) is 9.08. The number of thiocarbonyl (C=S) groups is 1. The lowest BCUT2D eigenvalue weighted by Crippen LogP contribution is -2.31. The molecule has 0 heterocycles. The van der Waals surface area contributed by atoms with Gasteiger partial charge in [-0.05, 0) is 61.1 Å². The van der Waals surface area contributed by atoms with Crippen molar-refractivity contribution in [2.75, 3.05) is 5.32 Å². The summed E-state index contributed by atoms with van der Waals surface area (Å²) in [4.78, 5) is 2.23. The minimum atomic E-state index is 0.132. The summed E-state index contributed by atoms with van der Waals surface area (Å²) in [7, 11) is 0. The molecule has 2 nitrogen and oxygen atoms in total. The van der Waals surface area contributed by atoms with Crippen molar-refractivity contribution in [3.63, 3.8) is 0 Å². The maximum Gasteiger partial charge on any atom is 0.171 e. The van der Waals surface area contributed by atoms with Crippen molar-refractivity contribution < 1.29 is 0 Å². The smallest absolute Gasteiger partial charge is 0.171 e. The van der Waals surface area contributed by atoms with E-state index in [1.807, 2.05) is 60.7 Å². The molecule has 1 atom stereocenters. The molecule has 26 heavy (non-hydrogen) atoms. The molecule has 0 aliphatic carbocycles. The predicted octanol–water partition coefficient (Wildman–Crippen LogP) is 6.54. The van der Waals surface area contributed by atoms with Gasteiger partial charge in [0.2, 0.25) is 0 Å². The van der Waals surface area contributed by atoms with Gasteiger partial charge < -0.3 is 10.6 Å². The molecule has 0 aliphatic rings. The van der Waals surface area contributed by atoms with Gasteiger partial charge in [-0.2, -0.15) is 0 Å². The number of benzene rings is 3. The maximum absolute atomic E-state index is 5.97. The third kappa shape index (κ3) is 5.24. The maximum atomic E-state index is 5.97. The van der Waals surface area contributed by atoms with Gasteiger partial charge in [0.15, 0.2) is 5.11 Å². The van der Waals surface area contributed by atoms with Gasteiger partial charge in [-0.25, -0.2) is 0 Å². The fourth-order valence-electron chi connectivity index (χ4n) is 2.47. The minimum absolute atomic E-state index is 0.132. The lowest BCUT2D eigenvalue weighted by atomic mass is 10.1. The zero-order chi connectivity index (χ0) is 18.4. The van der Waals surface area contributed by atoms with E-state index in [1.54, 1.807) is 11.8 Å². The van der Waals surface area contributed by atoms with Gasteiger partial charge in [0, 0.05) is 14.8 Å². The van der Waals surface area contributed by atoms with Gasteiger partial charge in [0.1, 0.15) is 0 Å². The minimum Gasteiger partial charge on any atom is -0.356 e. The predicted molar refractivity (Wildman–Crippen MR) is 116 cm³/mol. The molecule has 0 bridgehead atoms. The fourth-order valence-corrected chi connectivity index (χ4v) is 3.78. The summed E-state index contributed by atoms with van der Waals surface area (Å²) >= 11 is 13.1. The molecule has 0 aliphatic heterocycles. The Morgan fingerprint density at radius 2 is 1.58 bits per heavy atom. The molecule has 3 rings (SSSR count). The lowest BCUT2D eigenvalue weighted by molar-refractivity contribution is 0.722. The summed E-state index contributed by atoms with van der Waals surface area (Å²) in [5.41, 5.74) is 2.17. The second-order valence-corrected chi connectivity index (χ2v) is 7.74. The van der Waals surface area contributed by atoms with Crippen molar-refractivity contribution >= 4 is 46.4 Å². The van der Waals surface area contributed by atoms with Crippen LogP contribution in [0.5, 0.6) is 0 Å². The number of anilines is 1. The molecule has 2 N–H and O–H groups in total. The van der Waals surface area contributed by atoms with Crippen LogP contribution in [0.1, 0.15) is 18.5 Å². The first-order valence-electron chi connectivity index (χ1n) is 8.27. The van der Waals surface area contributed by atoms with E-state index >= 15 is 0 Å². The standard InChI is InChI=1S/C21H19ClN2S2/c1-15(16-7-3-2-4-8-16)23-21(25)24-19-9-5-6-10-20(19)26-18-13-11-17(22)12-14-18/h2-15H,1H3,(H2,23,24,25). The van der Waals surface area contributed by atoms with Crippen LogP contribution in [0.4, 0.5) is 5.69 Å². The summed E-state index contributed by atoms with van der Waals surface area (Å²) in [6.07, 6.45) is 0. The number of hydrogen-bond acceptors (Lipinski definition) is 2. The number of rotatable bonds is 5. The van der Waals surface area contributed by atoms with Crippen molar-refractivity contribution in [2.24, 2.45) is 0 Å². The molecular weight excluding hydrogens is 380 g/mol. The van der Waals surface area contributed by atoms with Crippen LogP contribution in [0.3, 0.4) is 0 Å². The molecule has 3 aromatic rings. The molecule has 0 amide bonds. The Labute approximate surface area is 169 Å². The first-order chi connectivity index (χ1) is 12.6. The quantitative estimate of drug-likeness (QED) is 0.476. The molecule has 0 spiro atoms. The Hall–Kier alpha value is -2.01. The van der Waals surface area contributed by atoms with Crippen LogP contribution in [0.15, 0.2) is 88.7 Å². The van der Waals surface area contributed by atoms with Crippen molar-refractivity contribution in [3.05, 3.63) is 89.4 Å². The Bertz CT molecular complexity index is 867. The van der Waals surface area contributed by atoms with Crippen molar-refractivity contribution in [1.29, 1.82) is 0 Å². The first-order valence-corrected chi connectivity index (χ1v) is 9.87. The van der Waals surface area contributed by atoms with E-state index in [-0.39, 0.29) is 6.04 Å². The molecule has 0 saturated heterocycles. The van der Waals surface area contributed by atoms with E-state index in [4.69, 9.17) is 23.8 Å². The average Bonchev–Trinajstić information content (AvgIpc) is 2.66. The third-order valence-corrected chi connectivity index (χ3v) is 5.38. The van der Waals surface area contributed by atoms with Gasteiger partial charge in [-0.15, -0.1) is 0 Å². The number of para-hydroxylation sites is 1. The molecule has 0 aromatic heterocycles. The van der Waals surface area contributed by atoms with Crippen LogP contribution >= 0.6 is 35.6 Å². The van der Waals surface area contributed by atoms with Gasteiger partial charge in [0.05, 0.1) is 11.7 Å². The summed E-state index contributed by atoms with van der Waals surface area (Å²) in [6, 6.07) is 26.3. The zero-order valence-electron chi connectivity index (χ0n) is 14.3. The lowest BCUT2D eigenvalue weighted by Gasteiger charge is -2.18. The summed E-state index contributed by atoms with van der Waals surface area (Å²) in [5, 5.41) is 7.99. The summed E-state index contributed by atoms with van der Waals surface area (Å²) < 4.78 is 0. The molecule has 0 saturated carbocycles. The van der Waals surface area contributed by atoms with Gasteiger partial charge in [0.25, 0.3) is 0 Å². The van der Waals surface area contributed by atoms with Crippen LogP contribution in [0.2, 0.25) is 5.02 Å². The van der Waals surface area contributed by atoms with Crippen LogP contribution in [0.25, 0.3) is 0 Å². The zero-order valence-corrected chi connectivity index (χ0v) is 16.7. The first kappa shape index (κ1) is 18.8. The van der Waals surface area contributed by atoms with Gasteiger partial charge in [-0.1, -0.05) is 65.8 Å². The fraction of sp³-hybridized carbons (Fsp3) is 0.0952.